The fourth-order valence-corrected chi connectivity index (χ4v) is 4.87. The molecule has 0 radical (unpaired) electrons. The van der Waals surface area contributed by atoms with Gasteiger partial charge in [0.05, 0.1) is 28.2 Å². The molecule has 0 bridgehead atoms. The Balaban J connectivity index is 0.000000707. The highest BCUT2D eigenvalue weighted by atomic mass is 35.5. The van der Waals surface area contributed by atoms with Crippen molar-refractivity contribution in [2.24, 2.45) is 7.05 Å². The number of rotatable bonds is 7. The molecular formula is C30H29Cl2N3O4. The summed E-state index contributed by atoms with van der Waals surface area (Å²) in [5.74, 6) is 0.566. The Labute approximate surface area is 237 Å². The number of aryl methyl sites for hydroxylation is 1. The number of aromatic nitrogens is 2. The van der Waals surface area contributed by atoms with E-state index in [1.807, 2.05) is 23.7 Å². The molecule has 0 aliphatic carbocycles. The maximum absolute atomic E-state index is 11.3. The summed E-state index contributed by atoms with van der Waals surface area (Å²) in [6, 6.07) is 18.5. The second-order valence-corrected chi connectivity index (χ2v) is 10.4. The topological polar surface area (TPSA) is 76.8 Å². The molecule has 1 fully saturated rings. The van der Waals surface area contributed by atoms with Gasteiger partial charge >= 0.3 is 5.97 Å². The fraction of sp³-hybridized carbons (Fsp3) is 0.267. The Kier molecular flexibility index (Phi) is 8.53. The molecule has 2 aliphatic heterocycles. The van der Waals surface area contributed by atoms with Crippen LogP contribution in [0.1, 0.15) is 33.7 Å². The Morgan fingerprint density at radius 1 is 1.10 bits per heavy atom. The number of fused-ring (bicyclic) bond motifs is 1. The lowest BCUT2D eigenvalue weighted by Crippen LogP contribution is -2.22. The summed E-state index contributed by atoms with van der Waals surface area (Å²) in [5, 5.41) is 10.3. The standard InChI is InChI=1S/C27H23Cl2N3O3.C3H6O/c1-31-24-12-19(27(33)34)5-7-23(24)30-26(31)15-32-10-9-20(14-32)18-4-2-3-17(11-18)16-35-25-8-6-21(28)13-22(25)29;1-2-4-3-1/h2-9,11-13H,10,14-16H2,1H3,(H,33,34);1-3H2. The van der Waals surface area contributed by atoms with E-state index in [9.17, 15) is 9.90 Å². The van der Waals surface area contributed by atoms with E-state index < -0.39 is 5.97 Å². The molecule has 2 aliphatic rings. The highest BCUT2D eigenvalue weighted by molar-refractivity contribution is 6.35. The third kappa shape index (κ3) is 6.62. The Morgan fingerprint density at radius 2 is 1.90 bits per heavy atom. The summed E-state index contributed by atoms with van der Waals surface area (Å²) < 4.78 is 12.6. The molecule has 0 amide bonds. The van der Waals surface area contributed by atoms with Crippen LogP contribution in [0.4, 0.5) is 0 Å². The zero-order valence-electron chi connectivity index (χ0n) is 21.6. The quantitative estimate of drug-likeness (QED) is 0.277. The molecule has 1 aromatic heterocycles. The average Bonchev–Trinajstić information content (AvgIpc) is 3.47. The van der Waals surface area contributed by atoms with Crippen LogP contribution in [-0.4, -0.2) is 51.8 Å². The van der Waals surface area contributed by atoms with Crippen molar-refractivity contribution in [3.05, 3.63) is 99.3 Å². The van der Waals surface area contributed by atoms with Crippen LogP contribution in [0.5, 0.6) is 5.75 Å². The second-order valence-electron chi connectivity index (χ2n) is 9.52. The molecule has 39 heavy (non-hydrogen) atoms. The largest absolute Gasteiger partial charge is 0.487 e. The van der Waals surface area contributed by atoms with E-state index in [1.54, 1.807) is 36.4 Å². The average molecular weight is 566 g/mol. The van der Waals surface area contributed by atoms with Crippen molar-refractivity contribution in [1.82, 2.24) is 14.5 Å². The van der Waals surface area contributed by atoms with Crippen molar-refractivity contribution < 1.29 is 19.4 Å². The third-order valence-corrected chi connectivity index (χ3v) is 7.27. The molecule has 202 valence electrons. The van der Waals surface area contributed by atoms with Crippen molar-refractivity contribution in [3.8, 4) is 5.75 Å². The number of carboxylic acid groups (broad SMARTS) is 1. The monoisotopic (exact) mass is 565 g/mol. The van der Waals surface area contributed by atoms with Gasteiger partial charge in [-0.05, 0) is 65.6 Å². The minimum absolute atomic E-state index is 0.263. The van der Waals surface area contributed by atoms with Crippen LogP contribution in [0.3, 0.4) is 0 Å². The van der Waals surface area contributed by atoms with E-state index in [2.05, 4.69) is 23.1 Å². The van der Waals surface area contributed by atoms with E-state index in [0.717, 1.165) is 54.3 Å². The summed E-state index contributed by atoms with van der Waals surface area (Å²) in [4.78, 5) is 18.3. The van der Waals surface area contributed by atoms with Gasteiger partial charge in [-0.2, -0.15) is 0 Å². The Hall–Kier alpha value is -3.36. The van der Waals surface area contributed by atoms with Gasteiger partial charge < -0.3 is 19.1 Å². The number of benzene rings is 3. The number of halogens is 2. The van der Waals surface area contributed by atoms with Crippen LogP contribution >= 0.6 is 23.2 Å². The first kappa shape index (κ1) is 27.2. The second kappa shape index (κ2) is 12.2. The number of nitrogens with zero attached hydrogens (tertiary/aromatic N) is 3. The van der Waals surface area contributed by atoms with E-state index in [4.69, 9.17) is 37.7 Å². The first-order valence-corrected chi connectivity index (χ1v) is 13.5. The van der Waals surface area contributed by atoms with E-state index in [-0.39, 0.29) is 5.56 Å². The highest BCUT2D eigenvalue weighted by Crippen LogP contribution is 2.29. The maximum atomic E-state index is 11.3. The summed E-state index contributed by atoms with van der Waals surface area (Å²) >= 11 is 12.2. The SMILES string of the molecule is C1COC1.Cn1c(CN2CC=C(c3cccc(COc4ccc(Cl)cc4Cl)c3)C2)nc2ccc(C(=O)O)cc21. The molecule has 0 saturated carbocycles. The van der Waals surface area contributed by atoms with Gasteiger partial charge in [0.15, 0.2) is 0 Å². The van der Waals surface area contributed by atoms with Crippen molar-refractivity contribution in [2.45, 2.75) is 19.6 Å². The predicted octanol–water partition coefficient (Wildman–Crippen LogP) is 6.46. The Morgan fingerprint density at radius 3 is 2.62 bits per heavy atom. The lowest BCUT2D eigenvalue weighted by Gasteiger charge is -2.16. The maximum Gasteiger partial charge on any atom is 0.335 e. The number of imidazole rings is 1. The minimum atomic E-state index is -0.938. The first-order chi connectivity index (χ1) is 18.9. The van der Waals surface area contributed by atoms with Gasteiger partial charge in [-0.15, -0.1) is 0 Å². The molecule has 4 aromatic rings. The summed E-state index contributed by atoms with van der Waals surface area (Å²) in [6.45, 7) is 4.70. The molecular weight excluding hydrogens is 537 g/mol. The molecule has 3 heterocycles. The first-order valence-electron chi connectivity index (χ1n) is 12.7. The number of carbonyl (C=O) groups is 1. The molecule has 0 unspecified atom stereocenters. The van der Waals surface area contributed by atoms with Crippen molar-refractivity contribution in [1.29, 1.82) is 0 Å². The van der Waals surface area contributed by atoms with E-state index in [1.165, 1.54) is 12.0 Å². The number of carboxylic acids is 1. The Bertz CT molecular complexity index is 1520. The molecule has 1 N–H and O–H groups in total. The van der Waals surface area contributed by atoms with Gasteiger partial charge in [-0.3, -0.25) is 4.90 Å². The third-order valence-electron chi connectivity index (χ3n) is 6.74. The molecule has 3 aromatic carbocycles. The van der Waals surface area contributed by atoms with Crippen LogP contribution in [0, 0.1) is 0 Å². The van der Waals surface area contributed by atoms with Crippen molar-refractivity contribution in [3.63, 3.8) is 0 Å². The van der Waals surface area contributed by atoms with E-state index >= 15 is 0 Å². The number of ether oxygens (including phenoxy) is 2. The number of hydrogen-bond donors (Lipinski definition) is 1. The van der Waals surface area contributed by atoms with Gasteiger partial charge in [-0.1, -0.05) is 47.5 Å². The van der Waals surface area contributed by atoms with Crippen LogP contribution < -0.4 is 4.74 Å². The summed E-state index contributed by atoms with van der Waals surface area (Å²) in [5.41, 5.74) is 5.35. The zero-order valence-corrected chi connectivity index (χ0v) is 23.1. The van der Waals surface area contributed by atoms with Crippen LogP contribution in [0.15, 0.2) is 66.7 Å². The van der Waals surface area contributed by atoms with Crippen LogP contribution in [0.25, 0.3) is 16.6 Å². The highest BCUT2D eigenvalue weighted by Gasteiger charge is 2.19. The van der Waals surface area contributed by atoms with E-state index in [0.29, 0.717) is 28.9 Å². The van der Waals surface area contributed by atoms with Crippen LogP contribution in [-0.2, 0) is 24.9 Å². The minimum Gasteiger partial charge on any atom is -0.487 e. The number of hydrogen-bond acceptors (Lipinski definition) is 5. The van der Waals surface area contributed by atoms with Crippen molar-refractivity contribution >= 4 is 45.8 Å². The lowest BCUT2D eigenvalue weighted by molar-refractivity contribution is 0.0367. The van der Waals surface area contributed by atoms with Crippen molar-refractivity contribution in [2.75, 3.05) is 26.3 Å². The molecule has 6 rings (SSSR count). The van der Waals surface area contributed by atoms with Crippen LogP contribution in [0.2, 0.25) is 10.0 Å². The summed E-state index contributed by atoms with van der Waals surface area (Å²) in [7, 11) is 1.93. The molecule has 1 saturated heterocycles. The fourth-order valence-electron chi connectivity index (χ4n) is 4.41. The van der Waals surface area contributed by atoms with Gasteiger partial charge in [0.25, 0.3) is 0 Å². The van der Waals surface area contributed by atoms with Gasteiger partial charge in [0.1, 0.15) is 18.2 Å². The van der Waals surface area contributed by atoms with Gasteiger partial charge in [0.2, 0.25) is 0 Å². The zero-order chi connectivity index (χ0) is 27.4. The molecule has 9 heteroatoms. The smallest absolute Gasteiger partial charge is 0.335 e. The molecule has 7 nitrogen and oxygen atoms in total. The van der Waals surface area contributed by atoms with Gasteiger partial charge in [0, 0.05) is 38.4 Å². The molecule has 0 atom stereocenters. The normalized spacial score (nSPS) is 14.9. The predicted molar refractivity (Wildman–Crippen MR) is 154 cm³/mol. The number of aromatic carboxylic acids is 1. The molecule has 0 spiro atoms. The summed E-state index contributed by atoms with van der Waals surface area (Å²) in [6.07, 6.45) is 3.52. The lowest BCUT2D eigenvalue weighted by atomic mass is 10.0. The van der Waals surface area contributed by atoms with Gasteiger partial charge in [-0.25, -0.2) is 9.78 Å².